The van der Waals surface area contributed by atoms with E-state index in [1.54, 1.807) is 6.07 Å². The Morgan fingerprint density at radius 3 is 2.30 bits per heavy atom. The second-order valence-corrected chi connectivity index (χ2v) is 9.39. The predicted molar refractivity (Wildman–Crippen MR) is 105 cm³/mol. The fourth-order valence-electron chi connectivity index (χ4n) is 3.33. The summed E-state index contributed by atoms with van der Waals surface area (Å²) in [5.41, 5.74) is 0.118. The SMILES string of the molecule is COC(=O)c1sc(C(C)(C)C)cc1N(CC(=O)O)C(=O)C1CCC(C)CC1. The molecule has 150 valence electrons. The summed E-state index contributed by atoms with van der Waals surface area (Å²) in [5.74, 6) is -1.49. The number of aliphatic carboxylic acids is 1. The number of hydrogen-bond acceptors (Lipinski definition) is 5. The molecule has 6 nitrogen and oxygen atoms in total. The summed E-state index contributed by atoms with van der Waals surface area (Å²) in [5, 5.41) is 9.38. The van der Waals surface area contributed by atoms with Crippen molar-refractivity contribution < 1.29 is 24.2 Å². The second-order valence-electron chi connectivity index (χ2n) is 8.34. The molecule has 1 fully saturated rings. The molecule has 0 saturated heterocycles. The molecule has 1 saturated carbocycles. The lowest BCUT2D eigenvalue weighted by Gasteiger charge is -2.30. The highest BCUT2D eigenvalue weighted by Gasteiger charge is 2.34. The zero-order valence-electron chi connectivity index (χ0n) is 16.7. The van der Waals surface area contributed by atoms with Gasteiger partial charge in [-0.15, -0.1) is 11.3 Å². The van der Waals surface area contributed by atoms with Gasteiger partial charge in [-0.1, -0.05) is 27.7 Å². The van der Waals surface area contributed by atoms with Gasteiger partial charge in [-0.2, -0.15) is 0 Å². The van der Waals surface area contributed by atoms with Crippen LogP contribution in [0, 0.1) is 11.8 Å². The third kappa shape index (κ3) is 5.09. The second kappa shape index (κ2) is 8.42. The number of esters is 1. The summed E-state index contributed by atoms with van der Waals surface area (Å²) < 4.78 is 4.88. The Hall–Kier alpha value is -1.89. The van der Waals surface area contributed by atoms with Crippen LogP contribution in [-0.2, 0) is 19.7 Å². The summed E-state index contributed by atoms with van der Waals surface area (Å²) >= 11 is 1.26. The number of anilines is 1. The first-order valence-electron chi connectivity index (χ1n) is 9.30. The van der Waals surface area contributed by atoms with E-state index in [9.17, 15) is 19.5 Å². The van der Waals surface area contributed by atoms with Crippen LogP contribution in [0.1, 0.15) is 67.9 Å². The molecule has 0 aliphatic heterocycles. The van der Waals surface area contributed by atoms with Crippen LogP contribution in [0.5, 0.6) is 0 Å². The number of nitrogens with zero attached hydrogens (tertiary/aromatic N) is 1. The van der Waals surface area contributed by atoms with E-state index < -0.39 is 18.5 Å². The normalized spacial score (nSPS) is 20.2. The highest BCUT2D eigenvalue weighted by Crippen LogP contribution is 2.39. The van der Waals surface area contributed by atoms with E-state index in [1.165, 1.54) is 23.3 Å². The van der Waals surface area contributed by atoms with Gasteiger partial charge in [0, 0.05) is 10.8 Å². The highest BCUT2D eigenvalue weighted by molar-refractivity contribution is 7.14. The quantitative estimate of drug-likeness (QED) is 0.760. The molecular formula is C20H29NO5S. The van der Waals surface area contributed by atoms with E-state index in [1.807, 2.05) is 20.8 Å². The smallest absolute Gasteiger partial charge is 0.350 e. The molecule has 27 heavy (non-hydrogen) atoms. The number of amides is 1. The molecule has 0 bridgehead atoms. The van der Waals surface area contributed by atoms with Crippen molar-refractivity contribution in [2.24, 2.45) is 11.8 Å². The number of carbonyl (C=O) groups excluding carboxylic acids is 2. The first kappa shape index (κ1) is 21.4. The highest BCUT2D eigenvalue weighted by atomic mass is 32.1. The molecule has 1 heterocycles. The molecule has 0 unspecified atom stereocenters. The van der Waals surface area contributed by atoms with Crippen molar-refractivity contribution in [2.45, 2.75) is 58.8 Å². The average Bonchev–Trinajstić information content (AvgIpc) is 3.04. The first-order chi connectivity index (χ1) is 12.5. The van der Waals surface area contributed by atoms with Gasteiger partial charge in [0.15, 0.2) is 0 Å². The minimum Gasteiger partial charge on any atom is -0.480 e. The largest absolute Gasteiger partial charge is 0.480 e. The van der Waals surface area contributed by atoms with Crippen LogP contribution < -0.4 is 4.90 Å². The minimum atomic E-state index is -1.10. The molecule has 7 heteroatoms. The Bertz CT molecular complexity index is 710. The molecule has 1 aromatic rings. The number of methoxy groups -OCH3 is 1. The van der Waals surface area contributed by atoms with E-state index in [0.29, 0.717) is 11.6 Å². The van der Waals surface area contributed by atoms with E-state index in [0.717, 1.165) is 30.6 Å². The summed E-state index contributed by atoms with van der Waals surface area (Å²) in [7, 11) is 1.29. The van der Waals surface area contributed by atoms with Crippen LogP contribution in [0.25, 0.3) is 0 Å². The van der Waals surface area contributed by atoms with Crippen molar-refractivity contribution in [3.05, 3.63) is 15.8 Å². The van der Waals surface area contributed by atoms with Crippen molar-refractivity contribution in [3.63, 3.8) is 0 Å². The lowest BCUT2D eigenvalue weighted by molar-refractivity contribution is -0.137. The Morgan fingerprint density at radius 2 is 1.81 bits per heavy atom. The topological polar surface area (TPSA) is 83.9 Å². The summed E-state index contributed by atoms with van der Waals surface area (Å²) in [4.78, 5) is 39.4. The van der Waals surface area contributed by atoms with Crippen LogP contribution in [0.2, 0.25) is 0 Å². The Morgan fingerprint density at radius 1 is 1.22 bits per heavy atom. The van der Waals surface area contributed by atoms with Gasteiger partial charge < -0.3 is 9.84 Å². The third-order valence-corrected chi connectivity index (χ3v) is 6.57. The molecule has 0 radical (unpaired) electrons. The van der Waals surface area contributed by atoms with Crippen molar-refractivity contribution in [2.75, 3.05) is 18.6 Å². The van der Waals surface area contributed by atoms with Crippen LogP contribution in [0.4, 0.5) is 5.69 Å². The Kier molecular flexibility index (Phi) is 6.68. The van der Waals surface area contributed by atoms with Crippen LogP contribution in [0.15, 0.2) is 6.07 Å². The van der Waals surface area contributed by atoms with E-state index in [-0.39, 0.29) is 22.1 Å². The lowest BCUT2D eigenvalue weighted by atomic mass is 9.82. The van der Waals surface area contributed by atoms with Gasteiger partial charge in [0.05, 0.1) is 12.8 Å². The van der Waals surface area contributed by atoms with E-state index in [4.69, 9.17) is 4.74 Å². The summed E-state index contributed by atoms with van der Waals surface area (Å²) in [6, 6.07) is 1.77. The fraction of sp³-hybridized carbons (Fsp3) is 0.650. The maximum atomic E-state index is 13.2. The van der Waals surface area contributed by atoms with Crippen LogP contribution >= 0.6 is 11.3 Å². The average molecular weight is 396 g/mol. The molecule has 1 N–H and O–H groups in total. The summed E-state index contributed by atoms with van der Waals surface area (Å²) in [6.45, 7) is 7.73. The van der Waals surface area contributed by atoms with Gasteiger partial charge in [-0.25, -0.2) is 4.79 Å². The van der Waals surface area contributed by atoms with Crippen molar-refractivity contribution in [3.8, 4) is 0 Å². The van der Waals surface area contributed by atoms with Crippen molar-refractivity contribution in [1.29, 1.82) is 0 Å². The van der Waals surface area contributed by atoms with Crippen LogP contribution in [-0.4, -0.2) is 36.6 Å². The van der Waals surface area contributed by atoms with Gasteiger partial charge in [0.1, 0.15) is 11.4 Å². The molecule has 1 aliphatic carbocycles. The Balaban J connectivity index is 2.46. The number of carboxylic acid groups (broad SMARTS) is 1. The van der Waals surface area contributed by atoms with Gasteiger partial charge in [-0.3, -0.25) is 14.5 Å². The molecule has 0 atom stereocenters. The number of rotatable bonds is 5. The molecule has 1 aromatic heterocycles. The molecule has 0 aromatic carbocycles. The number of carboxylic acids is 1. The zero-order valence-corrected chi connectivity index (χ0v) is 17.5. The zero-order chi connectivity index (χ0) is 20.4. The molecule has 1 amide bonds. The van der Waals surface area contributed by atoms with Gasteiger partial charge in [0.25, 0.3) is 0 Å². The van der Waals surface area contributed by atoms with Crippen LogP contribution in [0.3, 0.4) is 0 Å². The summed E-state index contributed by atoms with van der Waals surface area (Å²) in [6.07, 6.45) is 3.41. The maximum Gasteiger partial charge on any atom is 0.350 e. The standard InChI is InChI=1S/C20H29NO5S/c1-12-6-8-13(9-7-12)18(24)21(11-16(22)23)14-10-15(20(2,3)4)27-17(14)19(25)26-5/h10,12-13H,6-9,11H2,1-5H3,(H,22,23). The van der Waals surface area contributed by atoms with Gasteiger partial charge >= 0.3 is 11.9 Å². The monoisotopic (exact) mass is 395 g/mol. The fourth-order valence-corrected chi connectivity index (χ4v) is 4.47. The van der Waals surface area contributed by atoms with Gasteiger partial charge in [0.2, 0.25) is 5.91 Å². The number of hydrogen-bond donors (Lipinski definition) is 1. The molecule has 0 spiro atoms. The van der Waals surface area contributed by atoms with E-state index in [2.05, 4.69) is 6.92 Å². The number of carbonyl (C=O) groups is 3. The van der Waals surface area contributed by atoms with Crippen molar-refractivity contribution in [1.82, 2.24) is 0 Å². The lowest BCUT2D eigenvalue weighted by Crippen LogP contribution is -2.41. The van der Waals surface area contributed by atoms with Crippen molar-refractivity contribution >= 4 is 34.9 Å². The number of ether oxygens (including phenoxy) is 1. The maximum absolute atomic E-state index is 13.2. The first-order valence-corrected chi connectivity index (χ1v) is 10.1. The molecule has 2 rings (SSSR count). The minimum absolute atomic E-state index is 0.205. The molecule has 1 aliphatic rings. The predicted octanol–water partition coefficient (Wildman–Crippen LogP) is 4.08. The number of thiophene rings is 1. The third-order valence-electron chi connectivity index (χ3n) is 5.04. The van der Waals surface area contributed by atoms with Gasteiger partial charge in [-0.05, 0) is 43.1 Å². The Labute approximate surface area is 164 Å². The van der Waals surface area contributed by atoms with E-state index >= 15 is 0 Å². The molecular weight excluding hydrogens is 366 g/mol.